The van der Waals surface area contributed by atoms with Gasteiger partial charge in [0, 0.05) is 5.56 Å². The predicted octanol–water partition coefficient (Wildman–Crippen LogP) is 3.79. The predicted molar refractivity (Wildman–Crippen MR) is 94.6 cm³/mol. The average molecular weight is 338 g/mol. The quantitative estimate of drug-likeness (QED) is 0.662. The number of rotatable bonds is 5. The van der Waals surface area contributed by atoms with E-state index in [2.05, 4.69) is 0 Å². The van der Waals surface area contributed by atoms with Crippen molar-refractivity contribution in [3.05, 3.63) is 64.8 Å². The fourth-order valence-corrected chi connectivity index (χ4v) is 2.50. The third kappa shape index (κ3) is 3.40. The summed E-state index contributed by atoms with van der Waals surface area (Å²) in [5, 5.41) is 0.397. The van der Waals surface area contributed by atoms with E-state index in [4.69, 9.17) is 13.9 Å². The molecule has 0 aliphatic rings. The smallest absolute Gasteiger partial charge is 0.347 e. The summed E-state index contributed by atoms with van der Waals surface area (Å²) in [7, 11) is 0. The van der Waals surface area contributed by atoms with Gasteiger partial charge in [0.05, 0.1) is 12.0 Å². The summed E-state index contributed by atoms with van der Waals surface area (Å²) >= 11 is 0. The Kier molecular flexibility index (Phi) is 4.84. The highest BCUT2D eigenvalue weighted by Gasteiger charge is 2.23. The summed E-state index contributed by atoms with van der Waals surface area (Å²) in [6.07, 6.45) is -0.925. The molecule has 0 bridgehead atoms. The highest BCUT2D eigenvalue weighted by Crippen LogP contribution is 2.31. The molecule has 0 saturated heterocycles. The maximum Gasteiger partial charge on any atom is 0.347 e. The number of benzene rings is 2. The lowest BCUT2D eigenvalue weighted by molar-refractivity contribution is -0.150. The molecule has 1 heterocycles. The van der Waals surface area contributed by atoms with Gasteiger partial charge in [-0.05, 0) is 26.0 Å². The fraction of sp³-hybridized carbons (Fsp3) is 0.200. The van der Waals surface area contributed by atoms with Gasteiger partial charge in [0.2, 0.25) is 11.2 Å². The Morgan fingerprint density at radius 1 is 1.08 bits per heavy atom. The lowest BCUT2D eigenvalue weighted by Crippen LogP contribution is -2.28. The van der Waals surface area contributed by atoms with Crippen LogP contribution in [0.5, 0.6) is 5.75 Å². The Hall–Kier alpha value is -3.08. The first-order valence-electron chi connectivity index (χ1n) is 8.06. The van der Waals surface area contributed by atoms with E-state index in [0.717, 1.165) is 0 Å². The fourth-order valence-electron chi connectivity index (χ4n) is 2.50. The van der Waals surface area contributed by atoms with Crippen LogP contribution >= 0.6 is 0 Å². The molecule has 0 aliphatic heterocycles. The van der Waals surface area contributed by atoms with Crippen LogP contribution in [0.2, 0.25) is 0 Å². The maximum atomic E-state index is 12.9. The second-order valence-corrected chi connectivity index (χ2v) is 5.46. The summed E-state index contributed by atoms with van der Waals surface area (Å²) in [6.45, 7) is 3.50. The molecule has 0 unspecified atom stereocenters. The van der Waals surface area contributed by atoms with Crippen LogP contribution in [-0.2, 0) is 9.53 Å². The van der Waals surface area contributed by atoms with Gasteiger partial charge < -0.3 is 13.9 Å². The molecule has 0 aliphatic carbocycles. The molecule has 3 aromatic rings. The topological polar surface area (TPSA) is 65.7 Å². The molecule has 25 heavy (non-hydrogen) atoms. The van der Waals surface area contributed by atoms with Crippen LogP contribution in [0.15, 0.2) is 63.8 Å². The number of hydrogen-bond donors (Lipinski definition) is 0. The van der Waals surface area contributed by atoms with E-state index < -0.39 is 12.1 Å². The van der Waals surface area contributed by atoms with Crippen LogP contribution in [0.1, 0.15) is 13.8 Å². The minimum absolute atomic E-state index is 0.00505. The summed E-state index contributed by atoms with van der Waals surface area (Å²) in [5.74, 6) is -0.236. The standard InChI is InChI=1S/C20H18O5/c1-3-23-20(22)13(2)24-19-17(21)15-11-7-8-12-16(15)25-18(19)14-9-5-4-6-10-14/h4-13H,3H2,1-2H3/t13-/m1/s1. The Balaban J connectivity index is 2.16. The lowest BCUT2D eigenvalue weighted by atomic mass is 10.1. The minimum Gasteiger partial charge on any atom is -0.471 e. The monoisotopic (exact) mass is 338 g/mol. The largest absolute Gasteiger partial charge is 0.471 e. The Labute approximate surface area is 144 Å². The average Bonchev–Trinajstić information content (AvgIpc) is 2.64. The molecule has 0 saturated carbocycles. The summed E-state index contributed by atoms with van der Waals surface area (Å²) in [6, 6.07) is 16.1. The van der Waals surface area contributed by atoms with Gasteiger partial charge >= 0.3 is 5.97 Å². The third-order valence-electron chi connectivity index (χ3n) is 3.71. The first-order chi connectivity index (χ1) is 12.1. The Bertz CT molecular complexity index is 943. The van der Waals surface area contributed by atoms with E-state index >= 15 is 0 Å². The number of carbonyl (C=O) groups excluding carboxylic acids is 1. The first kappa shape index (κ1) is 16.8. The zero-order chi connectivity index (χ0) is 17.8. The molecular weight excluding hydrogens is 320 g/mol. The van der Waals surface area contributed by atoms with Crippen molar-refractivity contribution in [2.45, 2.75) is 20.0 Å². The van der Waals surface area contributed by atoms with Crippen LogP contribution in [0.3, 0.4) is 0 Å². The van der Waals surface area contributed by atoms with Crippen molar-refractivity contribution in [1.82, 2.24) is 0 Å². The number of ether oxygens (including phenoxy) is 2. The van der Waals surface area contributed by atoms with Gasteiger partial charge in [-0.1, -0.05) is 42.5 Å². The molecule has 3 rings (SSSR count). The third-order valence-corrected chi connectivity index (χ3v) is 3.71. The van der Waals surface area contributed by atoms with E-state index in [9.17, 15) is 9.59 Å². The molecule has 2 aromatic carbocycles. The van der Waals surface area contributed by atoms with Gasteiger partial charge in [0.1, 0.15) is 5.58 Å². The number of hydrogen-bond acceptors (Lipinski definition) is 5. The Morgan fingerprint density at radius 3 is 2.48 bits per heavy atom. The molecule has 1 atom stereocenters. The molecule has 5 nitrogen and oxygen atoms in total. The van der Waals surface area contributed by atoms with Crippen molar-refractivity contribution >= 4 is 16.9 Å². The molecule has 0 fully saturated rings. The van der Waals surface area contributed by atoms with Crippen LogP contribution in [-0.4, -0.2) is 18.7 Å². The van der Waals surface area contributed by atoms with Gasteiger partial charge in [-0.25, -0.2) is 4.79 Å². The molecule has 128 valence electrons. The molecular formula is C20H18O5. The van der Waals surface area contributed by atoms with Crippen LogP contribution < -0.4 is 10.2 Å². The van der Waals surface area contributed by atoms with Crippen molar-refractivity contribution in [3.63, 3.8) is 0 Å². The molecule has 5 heteroatoms. The second kappa shape index (κ2) is 7.21. The number of carbonyl (C=O) groups is 1. The van der Waals surface area contributed by atoms with Gasteiger partial charge in [-0.3, -0.25) is 4.79 Å². The van der Waals surface area contributed by atoms with Crippen molar-refractivity contribution in [2.75, 3.05) is 6.61 Å². The number of esters is 1. The minimum atomic E-state index is -0.925. The zero-order valence-corrected chi connectivity index (χ0v) is 14.0. The second-order valence-electron chi connectivity index (χ2n) is 5.46. The maximum absolute atomic E-state index is 12.9. The highest BCUT2D eigenvalue weighted by molar-refractivity contribution is 5.82. The van der Waals surface area contributed by atoms with E-state index in [1.165, 1.54) is 0 Å². The first-order valence-corrected chi connectivity index (χ1v) is 8.06. The highest BCUT2D eigenvalue weighted by atomic mass is 16.6. The summed E-state index contributed by atoms with van der Waals surface area (Å²) < 4.78 is 16.5. The van der Waals surface area contributed by atoms with Crippen LogP contribution in [0.4, 0.5) is 0 Å². The van der Waals surface area contributed by atoms with Crippen molar-refractivity contribution in [3.8, 4) is 17.1 Å². The summed E-state index contributed by atoms with van der Waals surface area (Å²) in [5.41, 5.74) is 0.829. The normalized spacial score (nSPS) is 11.9. The van der Waals surface area contributed by atoms with E-state index in [-0.39, 0.29) is 17.8 Å². The van der Waals surface area contributed by atoms with E-state index in [1.54, 1.807) is 38.1 Å². The number of fused-ring (bicyclic) bond motifs is 1. The van der Waals surface area contributed by atoms with Gasteiger partial charge in [0.15, 0.2) is 11.9 Å². The Morgan fingerprint density at radius 2 is 1.76 bits per heavy atom. The van der Waals surface area contributed by atoms with Gasteiger partial charge in [-0.2, -0.15) is 0 Å². The lowest BCUT2D eigenvalue weighted by Gasteiger charge is -2.15. The molecule has 0 radical (unpaired) electrons. The van der Waals surface area contributed by atoms with Crippen molar-refractivity contribution in [2.24, 2.45) is 0 Å². The van der Waals surface area contributed by atoms with E-state index in [0.29, 0.717) is 22.3 Å². The van der Waals surface area contributed by atoms with Gasteiger partial charge in [0.25, 0.3) is 0 Å². The van der Waals surface area contributed by atoms with E-state index in [1.807, 2.05) is 30.3 Å². The van der Waals surface area contributed by atoms with Crippen LogP contribution in [0.25, 0.3) is 22.3 Å². The summed E-state index contributed by atoms with van der Waals surface area (Å²) in [4.78, 5) is 24.8. The van der Waals surface area contributed by atoms with Crippen molar-refractivity contribution < 1.29 is 18.7 Å². The van der Waals surface area contributed by atoms with Crippen LogP contribution in [0, 0.1) is 0 Å². The van der Waals surface area contributed by atoms with Gasteiger partial charge in [-0.15, -0.1) is 0 Å². The SMILES string of the molecule is CCOC(=O)[C@@H](C)Oc1c(-c2ccccc2)oc2ccccc2c1=O. The molecule has 1 aromatic heterocycles. The zero-order valence-electron chi connectivity index (χ0n) is 14.0. The van der Waals surface area contributed by atoms with Crippen molar-refractivity contribution in [1.29, 1.82) is 0 Å². The molecule has 0 spiro atoms. The molecule has 0 N–H and O–H groups in total. The number of para-hydroxylation sites is 1. The molecule has 0 amide bonds.